The summed E-state index contributed by atoms with van der Waals surface area (Å²) in [5.74, 6) is -1.24. The van der Waals surface area contributed by atoms with E-state index in [2.05, 4.69) is 0 Å². The second-order valence-corrected chi connectivity index (χ2v) is 7.58. The topological polar surface area (TPSA) is 83.9 Å². The monoisotopic (exact) mass is 437 g/mol. The fourth-order valence-electron chi connectivity index (χ4n) is 2.38. The molecule has 0 atom stereocenters. The Labute approximate surface area is 174 Å². The number of carbonyl (C=O) groups excluding carboxylic acids is 2. The van der Waals surface area contributed by atoms with Crippen molar-refractivity contribution in [2.75, 3.05) is 6.54 Å². The molecule has 0 radical (unpaired) electrons. The van der Waals surface area contributed by atoms with E-state index in [4.69, 9.17) is 33.0 Å². The first-order chi connectivity index (χ1) is 13.3. The molecular weight excluding hydrogens is 425 g/mol. The van der Waals surface area contributed by atoms with Gasteiger partial charge in [-0.1, -0.05) is 41.4 Å². The molecule has 0 bridgehead atoms. The zero-order valence-corrected chi connectivity index (χ0v) is 16.6. The Balaban J connectivity index is 1.65. The molecule has 0 spiro atoms. The molecule has 1 aliphatic rings. The summed E-state index contributed by atoms with van der Waals surface area (Å²) in [5.41, 5.74) is 1.55. The summed E-state index contributed by atoms with van der Waals surface area (Å²) in [6.07, 6.45) is 1.54. The molecule has 1 saturated heterocycles. The second-order valence-electron chi connectivity index (χ2n) is 5.77. The average molecular weight is 438 g/mol. The van der Waals surface area contributed by atoms with Crippen LogP contribution in [0.5, 0.6) is 5.75 Å². The lowest BCUT2D eigenvalue weighted by Gasteiger charge is -2.08. The first-order valence-electron chi connectivity index (χ1n) is 7.97. The SMILES string of the molecule is O=C(O)CN1C(=O)SC(=Cc2ccc(OCc3ccc(Cl)c(Cl)c3)cc2)C1=O. The number of nitrogens with zero attached hydrogens (tertiary/aromatic N) is 1. The minimum atomic E-state index is -1.24. The quantitative estimate of drug-likeness (QED) is 0.659. The van der Waals surface area contributed by atoms with E-state index in [9.17, 15) is 14.4 Å². The highest BCUT2D eigenvalue weighted by atomic mass is 35.5. The van der Waals surface area contributed by atoms with Crippen molar-refractivity contribution in [3.05, 3.63) is 68.5 Å². The maximum atomic E-state index is 12.1. The van der Waals surface area contributed by atoms with Gasteiger partial charge in [-0.3, -0.25) is 19.3 Å². The predicted molar refractivity (Wildman–Crippen MR) is 108 cm³/mol. The summed E-state index contributed by atoms with van der Waals surface area (Å²) in [7, 11) is 0. The Bertz CT molecular complexity index is 975. The maximum Gasteiger partial charge on any atom is 0.323 e. The summed E-state index contributed by atoms with van der Waals surface area (Å²) in [6.45, 7) is -0.339. The number of aliphatic carboxylic acids is 1. The first kappa shape index (κ1) is 20.3. The number of halogens is 2. The van der Waals surface area contributed by atoms with Gasteiger partial charge in [0, 0.05) is 0 Å². The zero-order valence-electron chi connectivity index (χ0n) is 14.2. The van der Waals surface area contributed by atoms with E-state index in [-0.39, 0.29) is 4.91 Å². The lowest BCUT2D eigenvalue weighted by atomic mass is 10.2. The van der Waals surface area contributed by atoms with Crippen LogP contribution in [0.15, 0.2) is 47.4 Å². The van der Waals surface area contributed by atoms with Gasteiger partial charge >= 0.3 is 5.97 Å². The number of hydrogen-bond acceptors (Lipinski definition) is 5. The number of thioether (sulfide) groups is 1. The summed E-state index contributed by atoms with van der Waals surface area (Å²) in [6, 6.07) is 12.2. The second kappa shape index (κ2) is 8.68. The molecule has 1 fully saturated rings. The molecular formula is C19H13Cl2NO5S. The van der Waals surface area contributed by atoms with E-state index >= 15 is 0 Å². The lowest BCUT2D eigenvalue weighted by Crippen LogP contribution is -2.33. The van der Waals surface area contributed by atoms with Gasteiger partial charge < -0.3 is 9.84 Å². The van der Waals surface area contributed by atoms with Crippen LogP contribution in [0.2, 0.25) is 10.0 Å². The first-order valence-corrected chi connectivity index (χ1v) is 9.54. The third kappa shape index (κ3) is 4.86. The molecule has 28 heavy (non-hydrogen) atoms. The van der Waals surface area contributed by atoms with Crippen LogP contribution in [-0.4, -0.2) is 33.7 Å². The summed E-state index contributed by atoms with van der Waals surface area (Å²) in [5, 5.41) is 9.11. The third-order valence-corrected chi connectivity index (χ3v) is 5.38. The van der Waals surface area contributed by atoms with Crippen LogP contribution in [0.3, 0.4) is 0 Å². The summed E-state index contributed by atoms with van der Waals surface area (Å²) >= 11 is 12.6. The van der Waals surface area contributed by atoms with Crippen molar-refractivity contribution in [1.29, 1.82) is 0 Å². The minimum absolute atomic E-state index is 0.177. The molecule has 2 aromatic rings. The number of carboxylic acid groups (broad SMARTS) is 1. The van der Waals surface area contributed by atoms with E-state index in [1.165, 1.54) is 6.08 Å². The van der Waals surface area contributed by atoms with Crippen LogP contribution in [0.25, 0.3) is 6.08 Å². The molecule has 1 aliphatic heterocycles. The van der Waals surface area contributed by atoms with Gasteiger partial charge in [-0.15, -0.1) is 0 Å². The highest BCUT2D eigenvalue weighted by Gasteiger charge is 2.36. The molecule has 2 aromatic carbocycles. The zero-order chi connectivity index (χ0) is 20.3. The number of benzene rings is 2. The van der Waals surface area contributed by atoms with Crippen molar-refractivity contribution in [3.8, 4) is 5.75 Å². The Kier molecular flexibility index (Phi) is 6.28. The van der Waals surface area contributed by atoms with Crippen molar-refractivity contribution < 1.29 is 24.2 Å². The van der Waals surface area contributed by atoms with Crippen molar-refractivity contribution >= 4 is 58.2 Å². The number of carboxylic acids is 1. The van der Waals surface area contributed by atoms with Crippen LogP contribution >= 0.6 is 35.0 Å². The van der Waals surface area contributed by atoms with Gasteiger partial charge in [-0.2, -0.15) is 0 Å². The number of imide groups is 1. The van der Waals surface area contributed by atoms with Gasteiger partial charge in [0.1, 0.15) is 18.9 Å². The number of hydrogen-bond donors (Lipinski definition) is 1. The van der Waals surface area contributed by atoms with E-state index in [0.29, 0.717) is 44.6 Å². The van der Waals surface area contributed by atoms with Crippen molar-refractivity contribution in [3.63, 3.8) is 0 Å². The molecule has 0 aliphatic carbocycles. The van der Waals surface area contributed by atoms with Crippen LogP contribution in [-0.2, 0) is 16.2 Å². The summed E-state index contributed by atoms with van der Waals surface area (Å²) in [4.78, 5) is 35.5. The van der Waals surface area contributed by atoms with Crippen molar-refractivity contribution in [1.82, 2.24) is 4.90 Å². The Morgan fingerprint density at radius 2 is 1.82 bits per heavy atom. The van der Waals surface area contributed by atoms with E-state index in [1.807, 2.05) is 6.07 Å². The van der Waals surface area contributed by atoms with Crippen molar-refractivity contribution in [2.45, 2.75) is 6.61 Å². The lowest BCUT2D eigenvalue weighted by molar-refractivity contribution is -0.140. The van der Waals surface area contributed by atoms with Gasteiger partial charge in [0.15, 0.2) is 0 Å². The van der Waals surface area contributed by atoms with E-state index in [1.54, 1.807) is 36.4 Å². The average Bonchev–Trinajstić information content (AvgIpc) is 2.91. The largest absolute Gasteiger partial charge is 0.489 e. The number of ether oxygens (including phenoxy) is 1. The third-order valence-electron chi connectivity index (χ3n) is 3.73. The minimum Gasteiger partial charge on any atom is -0.489 e. The maximum absolute atomic E-state index is 12.1. The standard InChI is InChI=1S/C19H13Cl2NO5S/c20-14-6-3-12(7-15(14)21)10-27-13-4-1-11(2-5-13)8-16-18(25)22(9-17(23)24)19(26)28-16/h1-8H,9-10H2,(H,23,24). The van der Waals surface area contributed by atoms with Gasteiger partial charge in [-0.25, -0.2) is 0 Å². The fraction of sp³-hybridized carbons (Fsp3) is 0.105. The highest BCUT2D eigenvalue weighted by molar-refractivity contribution is 8.18. The highest BCUT2D eigenvalue weighted by Crippen LogP contribution is 2.32. The van der Waals surface area contributed by atoms with Gasteiger partial charge in [0.2, 0.25) is 0 Å². The smallest absolute Gasteiger partial charge is 0.323 e. The van der Waals surface area contributed by atoms with E-state index in [0.717, 1.165) is 5.56 Å². The normalized spacial score (nSPS) is 15.4. The molecule has 1 heterocycles. The number of carbonyl (C=O) groups is 3. The van der Waals surface area contributed by atoms with Crippen molar-refractivity contribution in [2.24, 2.45) is 0 Å². The Morgan fingerprint density at radius 1 is 1.11 bits per heavy atom. The molecule has 144 valence electrons. The Morgan fingerprint density at radius 3 is 2.46 bits per heavy atom. The molecule has 1 N–H and O–H groups in total. The van der Waals surface area contributed by atoms with Crippen LogP contribution in [0.4, 0.5) is 4.79 Å². The van der Waals surface area contributed by atoms with Crippen LogP contribution in [0, 0.1) is 0 Å². The fourth-order valence-corrected chi connectivity index (χ4v) is 3.54. The van der Waals surface area contributed by atoms with Crippen LogP contribution < -0.4 is 4.74 Å². The summed E-state index contributed by atoms with van der Waals surface area (Å²) < 4.78 is 5.69. The van der Waals surface area contributed by atoms with Gasteiger partial charge in [0.25, 0.3) is 11.1 Å². The molecule has 0 unspecified atom stereocenters. The molecule has 9 heteroatoms. The molecule has 0 saturated carbocycles. The van der Waals surface area contributed by atoms with Crippen LogP contribution in [0.1, 0.15) is 11.1 Å². The number of amides is 2. The predicted octanol–water partition coefficient (Wildman–Crippen LogP) is 4.69. The van der Waals surface area contributed by atoms with Gasteiger partial charge in [-0.05, 0) is 53.2 Å². The number of rotatable bonds is 6. The molecule has 2 amide bonds. The molecule has 6 nitrogen and oxygen atoms in total. The van der Waals surface area contributed by atoms with Gasteiger partial charge in [0.05, 0.1) is 15.0 Å². The van der Waals surface area contributed by atoms with E-state index < -0.39 is 23.7 Å². The molecule has 0 aromatic heterocycles. The Hall–Kier alpha value is -2.48. The molecule has 3 rings (SSSR count).